The molecular weight excluding hydrogens is 212 g/mol. The highest BCUT2D eigenvalue weighted by atomic mass is 16.3. The van der Waals surface area contributed by atoms with Crippen LogP contribution in [-0.4, -0.2) is 35.7 Å². The van der Waals surface area contributed by atoms with Crippen molar-refractivity contribution in [3.05, 3.63) is 29.8 Å². The van der Waals surface area contributed by atoms with Crippen LogP contribution in [0.3, 0.4) is 0 Å². The van der Waals surface area contributed by atoms with E-state index in [1.54, 1.807) is 6.07 Å². The van der Waals surface area contributed by atoms with Gasteiger partial charge >= 0.3 is 0 Å². The van der Waals surface area contributed by atoms with Crippen LogP contribution in [0.15, 0.2) is 24.3 Å². The predicted molar refractivity (Wildman–Crippen MR) is 70.1 cm³/mol. The summed E-state index contributed by atoms with van der Waals surface area (Å²) in [5.41, 5.74) is 1.14. The third kappa shape index (κ3) is 4.02. The van der Waals surface area contributed by atoms with Gasteiger partial charge in [-0.15, -0.1) is 0 Å². The summed E-state index contributed by atoms with van der Waals surface area (Å²) in [4.78, 5) is 2.51. The van der Waals surface area contributed by atoms with Gasteiger partial charge in [0.05, 0.1) is 0 Å². The van der Waals surface area contributed by atoms with E-state index in [2.05, 4.69) is 17.1 Å². The number of rotatable bonds is 5. The molecule has 1 unspecified atom stereocenters. The van der Waals surface area contributed by atoms with Crippen LogP contribution in [0.4, 0.5) is 0 Å². The van der Waals surface area contributed by atoms with Gasteiger partial charge in [-0.25, -0.2) is 0 Å². The van der Waals surface area contributed by atoms with E-state index >= 15 is 0 Å². The van der Waals surface area contributed by atoms with Gasteiger partial charge < -0.3 is 15.3 Å². The summed E-state index contributed by atoms with van der Waals surface area (Å²) >= 11 is 0. The molecule has 0 radical (unpaired) electrons. The van der Waals surface area contributed by atoms with Crippen LogP contribution in [-0.2, 0) is 6.54 Å². The van der Waals surface area contributed by atoms with Gasteiger partial charge in [0.25, 0.3) is 0 Å². The summed E-state index contributed by atoms with van der Waals surface area (Å²) in [6.45, 7) is 6.67. The highest BCUT2D eigenvalue weighted by Crippen LogP contribution is 2.11. The molecule has 2 N–H and O–H groups in total. The van der Waals surface area contributed by atoms with Crippen LogP contribution >= 0.6 is 0 Å². The standard InChI is InChI=1S/C14H22N2O/c1-12(11-16-7-2-3-8-16)15-10-13-5-4-6-14(17)9-13/h4-6,9,12,15,17H,2-3,7-8,10-11H2,1H3. The normalized spacial score (nSPS) is 18.4. The van der Waals surface area contributed by atoms with E-state index in [1.165, 1.54) is 25.9 Å². The van der Waals surface area contributed by atoms with E-state index < -0.39 is 0 Å². The smallest absolute Gasteiger partial charge is 0.115 e. The lowest BCUT2D eigenvalue weighted by atomic mass is 10.2. The topological polar surface area (TPSA) is 35.5 Å². The van der Waals surface area contributed by atoms with E-state index in [-0.39, 0.29) is 0 Å². The fourth-order valence-corrected chi connectivity index (χ4v) is 2.38. The molecule has 1 aliphatic heterocycles. The third-order valence-corrected chi connectivity index (χ3v) is 3.30. The van der Waals surface area contributed by atoms with E-state index in [0.29, 0.717) is 11.8 Å². The summed E-state index contributed by atoms with van der Waals surface area (Å²) in [5, 5.41) is 12.9. The second-order valence-electron chi connectivity index (χ2n) is 4.96. The zero-order valence-corrected chi connectivity index (χ0v) is 10.5. The number of nitrogens with zero attached hydrogens (tertiary/aromatic N) is 1. The lowest BCUT2D eigenvalue weighted by Crippen LogP contribution is -2.37. The minimum absolute atomic E-state index is 0.344. The van der Waals surface area contributed by atoms with Gasteiger partial charge in [0.15, 0.2) is 0 Å². The lowest BCUT2D eigenvalue weighted by Gasteiger charge is -2.21. The van der Waals surface area contributed by atoms with Crippen molar-refractivity contribution in [3.63, 3.8) is 0 Å². The summed E-state index contributed by atoms with van der Waals surface area (Å²) in [6, 6.07) is 7.94. The first-order chi connectivity index (χ1) is 8.24. The van der Waals surface area contributed by atoms with Crippen molar-refractivity contribution in [2.45, 2.75) is 32.4 Å². The van der Waals surface area contributed by atoms with Crippen LogP contribution in [0.5, 0.6) is 5.75 Å². The number of nitrogens with one attached hydrogen (secondary N) is 1. The Bertz CT molecular complexity index is 348. The Balaban J connectivity index is 1.73. The van der Waals surface area contributed by atoms with Crippen molar-refractivity contribution in [3.8, 4) is 5.75 Å². The maximum atomic E-state index is 9.37. The molecule has 1 fully saturated rings. The quantitative estimate of drug-likeness (QED) is 0.817. The van der Waals surface area contributed by atoms with E-state index in [9.17, 15) is 5.11 Å². The molecule has 1 saturated heterocycles. The molecule has 94 valence electrons. The molecule has 2 rings (SSSR count). The first-order valence-electron chi connectivity index (χ1n) is 6.48. The molecule has 0 bridgehead atoms. The summed E-state index contributed by atoms with van der Waals surface area (Å²) in [6.07, 6.45) is 2.69. The number of likely N-dealkylation sites (tertiary alicyclic amines) is 1. The molecule has 0 amide bonds. The molecule has 1 heterocycles. The van der Waals surface area contributed by atoms with Crippen LogP contribution in [0.2, 0.25) is 0 Å². The van der Waals surface area contributed by atoms with Gasteiger partial charge in [-0.3, -0.25) is 0 Å². The van der Waals surface area contributed by atoms with Crippen molar-refractivity contribution in [1.29, 1.82) is 0 Å². The first-order valence-corrected chi connectivity index (χ1v) is 6.48. The second-order valence-corrected chi connectivity index (χ2v) is 4.96. The Kier molecular flexibility index (Phi) is 4.40. The Hall–Kier alpha value is -1.06. The van der Waals surface area contributed by atoms with Gasteiger partial charge in [-0.2, -0.15) is 0 Å². The summed E-state index contributed by atoms with van der Waals surface area (Å²) in [5.74, 6) is 0.344. The molecule has 1 atom stereocenters. The van der Waals surface area contributed by atoms with Crippen LogP contribution in [0.25, 0.3) is 0 Å². The Morgan fingerprint density at radius 3 is 2.82 bits per heavy atom. The van der Waals surface area contributed by atoms with E-state index in [0.717, 1.165) is 18.7 Å². The zero-order chi connectivity index (χ0) is 12.1. The fourth-order valence-electron chi connectivity index (χ4n) is 2.38. The molecule has 3 heteroatoms. The molecule has 17 heavy (non-hydrogen) atoms. The molecular formula is C14H22N2O. The second kappa shape index (κ2) is 6.03. The van der Waals surface area contributed by atoms with Crippen molar-refractivity contribution in [2.24, 2.45) is 0 Å². The molecule has 0 aliphatic carbocycles. The van der Waals surface area contributed by atoms with Gasteiger partial charge in [-0.05, 0) is 50.6 Å². The van der Waals surface area contributed by atoms with Gasteiger partial charge in [0, 0.05) is 19.1 Å². The lowest BCUT2D eigenvalue weighted by molar-refractivity contribution is 0.298. The van der Waals surface area contributed by atoms with E-state index in [4.69, 9.17) is 0 Å². The van der Waals surface area contributed by atoms with E-state index in [1.807, 2.05) is 18.2 Å². The molecule has 0 spiro atoms. The van der Waals surface area contributed by atoms with Crippen LogP contribution in [0.1, 0.15) is 25.3 Å². The fraction of sp³-hybridized carbons (Fsp3) is 0.571. The average Bonchev–Trinajstić information content (AvgIpc) is 2.79. The predicted octanol–water partition coefficient (Wildman–Crippen LogP) is 1.97. The molecule has 0 aromatic heterocycles. The minimum Gasteiger partial charge on any atom is -0.508 e. The van der Waals surface area contributed by atoms with Gasteiger partial charge in [0.2, 0.25) is 0 Å². The highest BCUT2D eigenvalue weighted by Gasteiger charge is 2.13. The Morgan fingerprint density at radius 2 is 2.12 bits per heavy atom. The number of phenolic OH excluding ortho intramolecular Hbond substituents is 1. The van der Waals surface area contributed by atoms with Crippen molar-refractivity contribution >= 4 is 0 Å². The average molecular weight is 234 g/mol. The number of benzene rings is 1. The number of aromatic hydroxyl groups is 1. The monoisotopic (exact) mass is 234 g/mol. The largest absolute Gasteiger partial charge is 0.508 e. The zero-order valence-electron chi connectivity index (χ0n) is 10.5. The minimum atomic E-state index is 0.344. The SMILES string of the molecule is CC(CN1CCCC1)NCc1cccc(O)c1. The first kappa shape index (κ1) is 12.4. The Labute approximate surface area is 103 Å². The summed E-state index contributed by atoms with van der Waals surface area (Å²) < 4.78 is 0. The number of phenols is 1. The maximum Gasteiger partial charge on any atom is 0.115 e. The highest BCUT2D eigenvalue weighted by molar-refractivity contribution is 5.26. The molecule has 1 aliphatic rings. The summed E-state index contributed by atoms with van der Waals surface area (Å²) in [7, 11) is 0. The molecule has 0 saturated carbocycles. The molecule has 1 aromatic carbocycles. The number of hydrogen-bond acceptors (Lipinski definition) is 3. The van der Waals surface area contributed by atoms with Crippen molar-refractivity contribution < 1.29 is 5.11 Å². The van der Waals surface area contributed by atoms with Crippen molar-refractivity contribution in [2.75, 3.05) is 19.6 Å². The molecule has 1 aromatic rings. The maximum absolute atomic E-state index is 9.37. The number of hydrogen-bond donors (Lipinski definition) is 2. The van der Waals surface area contributed by atoms with Crippen LogP contribution < -0.4 is 5.32 Å². The molecule has 3 nitrogen and oxygen atoms in total. The van der Waals surface area contributed by atoms with Crippen LogP contribution in [0, 0.1) is 0 Å². The Morgan fingerprint density at radius 1 is 1.35 bits per heavy atom. The van der Waals surface area contributed by atoms with Gasteiger partial charge in [0.1, 0.15) is 5.75 Å². The van der Waals surface area contributed by atoms with Gasteiger partial charge in [-0.1, -0.05) is 12.1 Å². The van der Waals surface area contributed by atoms with Crippen molar-refractivity contribution in [1.82, 2.24) is 10.2 Å². The third-order valence-electron chi connectivity index (χ3n) is 3.30.